The van der Waals surface area contributed by atoms with Gasteiger partial charge in [0.05, 0.1) is 13.5 Å². The quantitative estimate of drug-likeness (QED) is 0.458. The van der Waals surface area contributed by atoms with Crippen molar-refractivity contribution in [1.29, 1.82) is 0 Å². The molecule has 0 saturated heterocycles. The summed E-state index contributed by atoms with van der Waals surface area (Å²) in [5.41, 5.74) is 0. The van der Waals surface area contributed by atoms with E-state index in [9.17, 15) is 4.79 Å². The molecule has 0 fully saturated rings. The highest BCUT2D eigenvalue weighted by atomic mass is 32.2. The van der Waals surface area contributed by atoms with Crippen LogP contribution >= 0.6 is 11.8 Å². The van der Waals surface area contributed by atoms with Crippen LogP contribution in [0.3, 0.4) is 0 Å². The Morgan fingerprint density at radius 3 is 2.43 bits per heavy atom. The van der Waals surface area contributed by atoms with E-state index in [0.29, 0.717) is 6.42 Å². The summed E-state index contributed by atoms with van der Waals surface area (Å²) >= 11 is 1.81. The van der Waals surface area contributed by atoms with Crippen LogP contribution in [-0.2, 0) is 9.53 Å². The smallest absolute Gasteiger partial charge is 0.306 e. The minimum absolute atomic E-state index is 0.111. The molecule has 0 N–H and O–H groups in total. The number of carbonyl (C=O) groups is 1. The molecule has 0 atom stereocenters. The Balaban J connectivity index is 3.24. The van der Waals surface area contributed by atoms with E-state index in [-0.39, 0.29) is 5.97 Å². The van der Waals surface area contributed by atoms with E-state index in [1.807, 2.05) is 11.8 Å². The lowest BCUT2D eigenvalue weighted by Gasteiger charge is -2.17. The molecular formula is C10H21NO2S. The van der Waals surface area contributed by atoms with E-state index in [1.165, 1.54) is 7.11 Å². The number of methoxy groups -OCH3 is 1. The first-order valence-electron chi connectivity index (χ1n) is 5.11. The number of rotatable bonds is 8. The lowest BCUT2D eigenvalue weighted by Crippen LogP contribution is -2.25. The number of hydrogen-bond acceptors (Lipinski definition) is 4. The fraction of sp³-hybridized carbons (Fsp3) is 0.900. The average Bonchev–Trinajstić information content (AvgIpc) is 2.23. The standard InChI is InChI=1S/C10H21NO2S/c1-4-11(5-2)7-9-14-8-6-10(12)13-3/h4-9H2,1-3H3. The van der Waals surface area contributed by atoms with Gasteiger partial charge in [-0.2, -0.15) is 11.8 Å². The van der Waals surface area contributed by atoms with Crippen LogP contribution < -0.4 is 0 Å². The zero-order valence-corrected chi connectivity index (χ0v) is 10.2. The van der Waals surface area contributed by atoms with Crippen molar-refractivity contribution in [2.24, 2.45) is 0 Å². The predicted octanol–water partition coefficient (Wildman–Crippen LogP) is 1.62. The summed E-state index contributed by atoms with van der Waals surface area (Å²) in [6.07, 6.45) is 0.527. The van der Waals surface area contributed by atoms with Gasteiger partial charge in [-0.15, -0.1) is 0 Å². The monoisotopic (exact) mass is 219 g/mol. The van der Waals surface area contributed by atoms with Crippen LogP contribution in [0.1, 0.15) is 20.3 Å². The summed E-state index contributed by atoms with van der Waals surface area (Å²) in [4.78, 5) is 13.2. The van der Waals surface area contributed by atoms with Crippen LogP contribution in [0.15, 0.2) is 0 Å². The SMILES string of the molecule is CCN(CC)CCSCCC(=O)OC. The first-order valence-corrected chi connectivity index (χ1v) is 6.26. The van der Waals surface area contributed by atoms with Gasteiger partial charge in [-0.3, -0.25) is 4.79 Å². The molecule has 0 rings (SSSR count). The van der Waals surface area contributed by atoms with Crippen molar-refractivity contribution in [2.75, 3.05) is 38.2 Å². The number of thioether (sulfide) groups is 1. The zero-order chi connectivity index (χ0) is 10.8. The molecule has 0 radical (unpaired) electrons. The molecule has 0 saturated carbocycles. The maximum atomic E-state index is 10.8. The Bertz CT molecular complexity index is 149. The largest absolute Gasteiger partial charge is 0.469 e. The third-order valence-electron chi connectivity index (χ3n) is 2.12. The summed E-state index contributed by atoms with van der Waals surface area (Å²) in [5, 5.41) is 0. The number of esters is 1. The van der Waals surface area contributed by atoms with Gasteiger partial charge in [0.2, 0.25) is 0 Å². The number of hydrogen-bond donors (Lipinski definition) is 0. The molecule has 0 aliphatic rings. The third-order valence-corrected chi connectivity index (χ3v) is 3.09. The fourth-order valence-electron chi connectivity index (χ4n) is 1.09. The van der Waals surface area contributed by atoms with Gasteiger partial charge in [0.15, 0.2) is 0 Å². The van der Waals surface area contributed by atoms with Crippen molar-refractivity contribution < 1.29 is 9.53 Å². The lowest BCUT2D eigenvalue weighted by molar-refractivity contribution is -0.140. The van der Waals surface area contributed by atoms with Crippen molar-refractivity contribution in [3.8, 4) is 0 Å². The van der Waals surface area contributed by atoms with Crippen molar-refractivity contribution in [3.05, 3.63) is 0 Å². The number of nitrogens with zero attached hydrogens (tertiary/aromatic N) is 1. The minimum atomic E-state index is -0.111. The predicted molar refractivity (Wildman–Crippen MR) is 61.7 cm³/mol. The molecule has 0 aromatic heterocycles. The first kappa shape index (κ1) is 13.8. The van der Waals surface area contributed by atoms with Gasteiger partial charge in [0.25, 0.3) is 0 Å². The molecule has 0 aliphatic heterocycles. The van der Waals surface area contributed by atoms with Crippen LogP contribution in [-0.4, -0.2) is 49.1 Å². The van der Waals surface area contributed by atoms with Gasteiger partial charge < -0.3 is 9.64 Å². The third kappa shape index (κ3) is 7.21. The molecule has 14 heavy (non-hydrogen) atoms. The highest BCUT2D eigenvalue weighted by Crippen LogP contribution is 2.03. The van der Waals surface area contributed by atoms with Crippen LogP contribution in [0.4, 0.5) is 0 Å². The second-order valence-corrected chi connectivity index (χ2v) is 4.19. The van der Waals surface area contributed by atoms with E-state index >= 15 is 0 Å². The molecule has 0 aromatic carbocycles. The van der Waals surface area contributed by atoms with E-state index < -0.39 is 0 Å². The number of carbonyl (C=O) groups excluding carboxylic acids is 1. The Hall–Kier alpha value is -0.220. The molecule has 0 unspecified atom stereocenters. The second-order valence-electron chi connectivity index (χ2n) is 2.97. The summed E-state index contributed by atoms with van der Waals surface area (Å²) in [5.74, 6) is 1.85. The molecule has 0 spiro atoms. The van der Waals surface area contributed by atoms with Crippen LogP contribution in [0, 0.1) is 0 Å². The average molecular weight is 219 g/mol. The Kier molecular flexibility index (Phi) is 9.19. The second kappa shape index (κ2) is 9.34. The van der Waals surface area contributed by atoms with Crippen LogP contribution in [0.5, 0.6) is 0 Å². The van der Waals surface area contributed by atoms with E-state index in [1.54, 1.807) is 0 Å². The van der Waals surface area contributed by atoms with Gasteiger partial charge in [-0.25, -0.2) is 0 Å². The molecule has 3 nitrogen and oxygen atoms in total. The molecule has 0 heterocycles. The molecule has 0 amide bonds. The lowest BCUT2D eigenvalue weighted by atomic mass is 10.5. The van der Waals surface area contributed by atoms with E-state index in [2.05, 4.69) is 23.5 Å². The highest BCUT2D eigenvalue weighted by Gasteiger charge is 2.01. The maximum absolute atomic E-state index is 10.8. The summed E-state index contributed by atoms with van der Waals surface area (Å²) in [7, 11) is 1.43. The molecule has 0 aromatic rings. The minimum Gasteiger partial charge on any atom is -0.469 e. The fourth-order valence-corrected chi connectivity index (χ4v) is 2.00. The molecular weight excluding hydrogens is 198 g/mol. The van der Waals surface area contributed by atoms with Crippen molar-refractivity contribution >= 4 is 17.7 Å². The Morgan fingerprint density at radius 2 is 1.93 bits per heavy atom. The van der Waals surface area contributed by atoms with E-state index in [4.69, 9.17) is 0 Å². The van der Waals surface area contributed by atoms with Crippen LogP contribution in [0.2, 0.25) is 0 Å². The first-order chi connectivity index (χ1) is 6.74. The molecule has 0 bridgehead atoms. The Morgan fingerprint density at radius 1 is 1.29 bits per heavy atom. The van der Waals surface area contributed by atoms with Gasteiger partial charge in [-0.05, 0) is 13.1 Å². The molecule has 4 heteroatoms. The van der Waals surface area contributed by atoms with Gasteiger partial charge in [0.1, 0.15) is 0 Å². The van der Waals surface area contributed by atoms with Gasteiger partial charge in [-0.1, -0.05) is 13.8 Å². The van der Waals surface area contributed by atoms with Crippen molar-refractivity contribution in [2.45, 2.75) is 20.3 Å². The van der Waals surface area contributed by atoms with Gasteiger partial charge >= 0.3 is 5.97 Å². The topological polar surface area (TPSA) is 29.5 Å². The van der Waals surface area contributed by atoms with Crippen molar-refractivity contribution in [3.63, 3.8) is 0 Å². The van der Waals surface area contributed by atoms with E-state index in [0.717, 1.165) is 31.1 Å². The Labute approximate surface area is 91.2 Å². The summed E-state index contributed by atoms with van der Waals surface area (Å²) in [6, 6.07) is 0. The molecule has 0 aliphatic carbocycles. The zero-order valence-electron chi connectivity index (χ0n) is 9.41. The number of ether oxygens (including phenoxy) is 1. The highest BCUT2D eigenvalue weighted by molar-refractivity contribution is 7.99. The summed E-state index contributed by atoms with van der Waals surface area (Å²) < 4.78 is 4.56. The normalized spacial score (nSPS) is 10.6. The molecule has 84 valence electrons. The maximum Gasteiger partial charge on any atom is 0.306 e. The summed E-state index contributed by atoms with van der Waals surface area (Å²) in [6.45, 7) is 7.66. The van der Waals surface area contributed by atoms with Gasteiger partial charge in [0, 0.05) is 18.1 Å². The van der Waals surface area contributed by atoms with Crippen LogP contribution in [0.25, 0.3) is 0 Å². The van der Waals surface area contributed by atoms with Crippen molar-refractivity contribution in [1.82, 2.24) is 4.90 Å².